The zero-order valence-corrected chi connectivity index (χ0v) is 65.2. The number of hydrogen-bond donors (Lipinski definition) is 3. The molecule has 0 aliphatic rings. The van der Waals surface area contributed by atoms with Crippen molar-refractivity contribution < 1.29 is 80.2 Å². The lowest BCUT2D eigenvalue weighted by Crippen LogP contribution is -2.30. The van der Waals surface area contributed by atoms with E-state index in [1.165, 1.54) is 225 Å². The Morgan fingerprint density at radius 3 is 0.701 bits per heavy atom. The van der Waals surface area contributed by atoms with E-state index >= 15 is 0 Å². The fraction of sp³-hybridized carbons (Fsp3) is 0.949. The SMILES string of the molecule is CCCCCCCCCCCCCCC(=O)O[C@H](COC(=O)CCCCCCCCCCC)COP(=O)(O)OC[C@H](O)COP(=O)(O)OC[C@@H](COC(=O)CCCCCCCCCCCCCCCCCC(C)C)OC(=O)CCCCCCCCCCCCCCCCCC(C)C. The van der Waals surface area contributed by atoms with Crippen molar-refractivity contribution in [1.29, 1.82) is 0 Å². The standard InChI is InChI=1S/C78H152O17P2/c1-7-9-11-13-15-17-18-31-38-44-50-56-62-77(82)94-73(66-88-75(80)60-54-48-42-34-16-14-12-10-8-2)68-92-96(84,85)90-64-72(79)65-91-97(86,87)93-69-74(95-78(83)63-57-51-45-39-33-28-24-20-22-26-30-36-41-47-53-59-71(5)6)67-89-76(81)61-55-49-43-37-32-27-23-19-21-25-29-35-40-46-52-58-70(3)4/h70-74,79H,7-69H2,1-6H3,(H,84,85)(H,86,87)/t72-,73+,74+/m0/s1. The fourth-order valence-corrected chi connectivity index (χ4v) is 13.6. The van der Waals surface area contributed by atoms with Crippen LogP contribution in [0.3, 0.4) is 0 Å². The monoisotopic (exact) mass is 1420 g/mol. The molecule has 0 radical (unpaired) electrons. The van der Waals surface area contributed by atoms with E-state index in [0.717, 1.165) is 102 Å². The molecule has 97 heavy (non-hydrogen) atoms. The van der Waals surface area contributed by atoms with Gasteiger partial charge in [0.2, 0.25) is 0 Å². The molecule has 576 valence electrons. The quantitative estimate of drug-likeness (QED) is 0.0222. The van der Waals surface area contributed by atoms with Crippen molar-refractivity contribution in [1.82, 2.24) is 0 Å². The molecule has 0 aromatic heterocycles. The number of ether oxygens (including phenoxy) is 4. The predicted octanol–water partition coefficient (Wildman–Crippen LogP) is 23.1. The Morgan fingerprint density at radius 1 is 0.278 bits per heavy atom. The molecule has 17 nitrogen and oxygen atoms in total. The molecule has 0 aliphatic heterocycles. The molecule has 0 amide bonds. The summed E-state index contributed by atoms with van der Waals surface area (Å²) in [5.41, 5.74) is 0. The Hall–Kier alpha value is -1.94. The minimum atomic E-state index is -4.96. The third-order valence-corrected chi connectivity index (χ3v) is 20.1. The molecule has 0 rings (SSSR count). The van der Waals surface area contributed by atoms with E-state index in [1.807, 2.05) is 0 Å². The highest BCUT2D eigenvalue weighted by Crippen LogP contribution is 2.45. The minimum Gasteiger partial charge on any atom is -0.462 e. The first kappa shape index (κ1) is 95.1. The van der Waals surface area contributed by atoms with Gasteiger partial charge in [-0.25, -0.2) is 9.13 Å². The normalized spacial score (nSPS) is 14.0. The van der Waals surface area contributed by atoms with Crippen LogP contribution in [-0.4, -0.2) is 96.7 Å². The summed E-state index contributed by atoms with van der Waals surface area (Å²) in [4.78, 5) is 72.8. The lowest BCUT2D eigenvalue weighted by atomic mass is 10.0. The van der Waals surface area contributed by atoms with Crippen molar-refractivity contribution in [2.24, 2.45) is 11.8 Å². The number of esters is 4. The Balaban J connectivity index is 5.22. The van der Waals surface area contributed by atoms with Crippen LogP contribution in [0.4, 0.5) is 0 Å². The Kier molecular flexibility index (Phi) is 68.4. The van der Waals surface area contributed by atoms with Crippen LogP contribution in [0.5, 0.6) is 0 Å². The van der Waals surface area contributed by atoms with Gasteiger partial charge in [-0.3, -0.25) is 37.3 Å². The van der Waals surface area contributed by atoms with Crippen LogP contribution >= 0.6 is 15.6 Å². The lowest BCUT2D eigenvalue weighted by Gasteiger charge is -2.21. The molecule has 2 unspecified atom stereocenters. The molecule has 19 heteroatoms. The van der Waals surface area contributed by atoms with Crippen LogP contribution in [0, 0.1) is 11.8 Å². The van der Waals surface area contributed by atoms with Crippen LogP contribution in [0.15, 0.2) is 0 Å². The molecule has 0 spiro atoms. The molecule has 0 saturated heterocycles. The van der Waals surface area contributed by atoms with E-state index in [0.29, 0.717) is 25.7 Å². The number of phosphoric ester groups is 2. The first-order valence-corrected chi connectivity index (χ1v) is 43.5. The summed E-state index contributed by atoms with van der Waals surface area (Å²) in [6.45, 7) is 9.65. The highest BCUT2D eigenvalue weighted by Gasteiger charge is 2.30. The minimum absolute atomic E-state index is 0.107. The highest BCUT2D eigenvalue weighted by atomic mass is 31.2. The van der Waals surface area contributed by atoms with Crippen molar-refractivity contribution in [3.63, 3.8) is 0 Å². The zero-order chi connectivity index (χ0) is 71.4. The van der Waals surface area contributed by atoms with Gasteiger partial charge >= 0.3 is 39.5 Å². The number of hydrogen-bond acceptors (Lipinski definition) is 15. The van der Waals surface area contributed by atoms with E-state index < -0.39 is 97.5 Å². The molecule has 5 atom stereocenters. The maximum absolute atomic E-state index is 13.1. The number of unbranched alkanes of at least 4 members (excludes halogenated alkanes) is 47. The van der Waals surface area contributed by atoms with Crippen molar-refractivity contribution in [3.8, 4) is 0 Å². The van der Waals surface area contributed by atoms with E-state index in [-0.39, 0.29) is 25.7 Å². The second kappa shape index (κ2) is 69.8. The summed E-state index contributed by atoms with van der Waals surface area (Å²) in [5.74, 6) is -0.503. The second-order valence-electron chi connectivity index (χ2n) is 29.1. The average Bonchev–Trinajstić information content (AvgIpc) is 1.78. The van der Waals surface area contributed by atoms with E-state index in [1.54, 1.807) is 0 Å². The summed E-state index contributed by atoms with van der Waals surface area (Å²) in [6.07, 6.45) is 58.2. The average molecular weight is 1420 g/mol. The summed E-state index contributed by atoms with van der Waals surface area (Å²) in [6, 6.07) is 0. The number of aliphatic hydroxyl groups excluding tert-OH is 1. The topological polar surface area (TPSA) is 237 Å². The van der Waals surface area contributed by atoms with Crippen molar-refractivity contribution >= 4 is 39.5 Å². The van der Waals surface area contributed by atoms with E-state index in [4.69, 9.17) is 37.0 Å². The van der Waals surface area contributed by atoms with Gasteiger partial charge in [0.1, 0.15) is 19.3 Å². The number of carbonyl (C=O) groups is 4. The smallest absolute Gasteiger partial charge is 0.462 e. The zero-order valence-electron chi connectivity index (χ0n) is 63.4. The highest BCUT2D eigenvalue weighted by molar-refractivity contribution is 7.47. The van der Waals surface area contributed by atoms with Crippen LogP contribution in [0.2, 0.25) is 0 Å². The Labute approximate surface area is 594 Å². The molecule has 0 fully saturated rings. The van der Waals surface area contributed by atoms with Gasteiger partial charge in [0.05, 0.1) is 26.4 Å². The van der Waals surface area contributed by atoms with Crippen LogP contribution in [0.1, 0.15) is 408 Å². The Morgan fingerprint density at radius 2 is 0.474 bits per heavy atom. The number of phosphoric acid groups is 2. The largest absolute Gasteiger partial charge is 0.472 e. The van der Waals surface area contributed by atoms with Gasteiger partial charge in [0.25, 0.3) is 0 Å². The summed E-state index contributed by atoms with van der Waals surface area (Å²) in [7, 11) is -9.91. The third kappa shape index (κ3) is 72.2. The summed E-state index contributed by atoms with van der Waals surface area (Å²) < 4.78 is 68.6. The van der Waals surface area contributed by atoms with Crippen molar-refractivity contribution in [2.45, 2.75) is 426 Å². The van der Waals surface area contributed by atoms with E-state index in [2.05, 4.69) is 41.5 Å². The third-order valence-electron chi connectivity index (χ3n) is 18.2. The lowest BCUT2D eigenvalue weighted by molar-refractivity contribution is -0.161. The summed E-state index contributed by atoms with van der Waals surface area (Å²) >= 11 is 0. The molecule has 0 bridgehead atoms. The summed E-state index contributed by atoms with van der Waals surface area (Å²) in [5, 5.41) is 10.6. The first-order valence-electron chi connectivity index (χ1n) is 40.5. The van der Waals surface area contributed by atoms with Gasteiger partial charge in [-0.05, 0) is 37.5 Å². The molecule has 0 aliphatic carbocycles. The maximum atomic E-state index is 13.1. The number of aliphatic hydroxyl groups is 1. The van der Waals surface area contributed by atoms with Gasteiger partial charge in [-0.2, -0.15) is 0 Å². The molecule has 3 N–H and O–H groups in total. The Bertz CT molecular complexity index is 1870. The molecule has 0 saturated carbocycles. The molecule has 0 heterocycles. The predicted molar refractivity (Wildman–Crippen MR) is 395 cm³/mol. The first-order chi connectivity index (χ1) is 46.9. The van der Waals surface area contributed by atoms with Gasteiger partial charge in [-0.1, -0.05) is 356 Å². The fourth-order valence-electron chi connectivity index (χ4n) is 12.0. The molecule has 0 aromatic carbocycles. The molecular formula is C78H152O17P2. The van der Waals surface area contributed by atoms with Gasteiger partial charge in [0, 0.05) is 25.7 Å². The van der Waals surface area contributed by atoms with Crippen molar-refractivity contribution in [2.75, 3.05) is 39.6 Å². The van der Waals surface area contributed by atoms with Gasteiger partial charge in [0.15, 0.2) is 12.2 Å². The number of carbonyl (C=O) groups excluding carboxylic acids is 4. The maximum Gasteiger partial charge on any atom is 0.472 e. The van der Waals surface area contributed by atoms with Gasteiger partial charge < -0.3 is 33.8 Å². The van der Waals surface area contributed by atoms with Crippen molar-refractivity contribution in [3.05, 3.63) is 0 Å². The molecule has 0 aromatic rings. The van der Waals surface area contributed by atoms with Crippen LogP contribution in [0.25, 0.3) is 0 Å². The second-order valence-corrected chi connectivity index (χ2v) is 32.0. The van der Waals surface area contributed by atoms with Gasteiger partial charge in [-0.15, -0.1) is 0 Å². The molecular weight excluding hydrogens is 1270 g/mol. The van der Waals surface area contributed by atoms with E-state index in [9.17, 15) is 43.2 Å². The van der Waals surface area contributed by atoms with Crippen LogP contribution < -0.4 is 0 Å². The van der Waals surface area contributed by atoms with Crippen LogP contribution in [-0.2, 0) is 65.4 Å². The number of rotatable bonds is 77.